The molecule has 0 N–H and O–H groups in total. The van der Waals surface area contributed by atoms with Crippen molar-refractivity contribution < 1.29 is 9.53 Å². The molecule has 1 saturated carbocycles. The molecular weight excluding hydrogens is 288 g/mol. The van der Waals surface area contributed by atoms with Crippen LogP contribution in [0.1, 0.15) is 30.9 Å². The third-order valence-corrected chi connectivity index (χ3v) is 4.00. The van der Waals surface area contributed by atoms with Gasteiger partial charge in [0.1, 0.15) is 5.75 Å². The Labute approximate surface area is 137 Å². The maximum Gasteiger partial charge on any atom is 0.227 e. The van der Waals surface area contributed by atoms with Gasteiger partial charge in [0.25, 0.3) is 0 Å². The lowest BCUT2D eigenvalue weighted by Gasteiger charge is -2.22. The molecule has 2 aromatic rings. The van der Waals surface area contributed by atoms with Gasteiger partial charge in [0.05, 0.1) is 13.0 Å². The molecule has 0 atom stereocenters. The zero-order chi connectivity index (χ0) is 16.1. The van der Waals surface area contributed by atoms with Crippen LogP contribution in [0.4, 0.5) is 0 Å². The van der Waals surface area contributed by atoms with E-state index in [9.17, 15) is 4.79 Å². The first-order valence-corrected chi connectivity index (χ1v) is 8.16. The van der Waals surface area contributed by atoms with Crippen molar-refractivity contribution in [3.8, 4) is 5.75 Å². The van der Waals surface area contributed by atoms with Crippen LogP contribution in [0.2, 0.25) is 0 Å². The lowest BCUT2D eigenvalue weighted by molar-refractivity contribution is -0.131. The van der Waals surface area contributed by atoms with Gasteiger partial charge in [-0.2, -0.15) is 0 Å². The highest BCUT2D eigenvalue weighted by Crippen LogP contribution is 2.29. The topological polar surface area (TPSA) is 42.4 Å². The molecule has 1 aromatic heterocycles. The van der Waals surface area contributed by atoms with Crippen LogP contribution in [0.3, 0.4) is 0 Å². The van der Waals surface area contributed by atoms with Gasteiger partial charge < -0.3 is 9.64 Å². The highest BCUT2D eigenvalue weighted by Gasteiger charge is 2.32. The molecule has 0 spiro atoms. The number of hydrogen-bond acceptors (Lipinski definition) is 3. The standard InChI is InChI=1S/C19H22N2O2/c1-2-23-18-7-3-15(4-8-18)13-19(22)21(17-5-6-17)14-16-9-11-20-12-10-16/h3-4,7-12,17H,2,5-6,13-14H2,1H3. The molecule has 1 heterocycles. The quantitative estimate of drug-likeness (QED) is 0.788. The SMILES string of the molecule is CCOc1ccc(CC(=O)N(Cc2ccncc2)C2CC2)cc1. The molecule has 1 aliphatic rings. The summed E-state index contributed by atoms with van der Waals surface area (Å²) in [7, 11) is 0. The number of aromatic nitrogens is 1. The molecule has 0 bridgehead atoms. The van der Waals surface area contributed by atoms with Crippen LogP contribution in [0, 0.1) is 0 Å². The molecule has 1 amide bonds. The van der Waals surface area contributed by atoms with Gasteiger partial charge in [0.15, 0.2) is 0 Å². The van der Waals surface area contributed by atoms with Gasteiger partial charge in [-0.15, -0.1) is 0 Å². The van der Waals surface area contributed by atoms with Crippen molar-refractivity contribution in [3.05, 3.63) is 59.9 Å². The molecule has 3 rings (SSSR count). The van der Waals surface area contributed by atoms with E-state index in [4.69, 9.17) is 4.74 Å². The van der Waals surface area contributed by atoms with E-state index < -0.39 is 0 Å². The molecule has 0 saturated heterocycles. The zero-order valence-corrected chi connectivity index (χ0v) is 13.4. The molecule has 1 fully saturated rings. The van der Waals surface area contributed by atoms with Crippen molar-refractivity contribution in [2.24, 2.45) is 0 Å². The third kappa shape index (κ3) is 4.31. The van der Waals surface area contributed by atoms with Crippen LogP contribution in [0.5, 0.6) is 5.75 Å². The molecular formula is C19H22N2O2. The molecule has 23 heavy (non-hydrogen) atoms. The highest BCUT2D eigenvalue weighted by molar-refractivity contribution is 5.79. The van der Waals surface area contributed by atoms with Gasteiger partial charge in [0.2, 0.25) is 5.91 Å². The summed E-state index contributed by atoms with van der Waals surface area (Å²) in [4.78, 5) is 18.7. The molecule has 1 aliphatic carbocycles. The van der Waals surface area contributed by atoms with Gasteiger partial charge >= 0.3 is 0 Å². The first kappa shape index (κ1) is 15.5. The largest absolute Gasteiger partial charge is 0.494 e. The van der Waals surface area contributed by atoms with E-state index in [2.05, 4.69) is 4.98 Å². The average molecular weight is 310 g/mol. The van der Waals surface area contributed by atoms with Crippen LogP contribution in [0.15, 0.2) is 48.8 Å². The van der Waals surface area contributed by atoms with E-state index in [1.165, 1.54) is 0 Å². The smallest absolute Gasteiger partial charge is 0.227 e. The zero-order valence-electron chi connectivity index (χ0n) is 13.4. The fourth-order valence-corrected chi connectivity index (χ4v) is 2.64. The van der Waals surface area contributed by atoms with Crippen LogP contribution >= 0.6 is 0 Å². The van der Waals surface area contributed by atoms with E-state index in [-0.39, 0.29) is 5.91 Å². The Balaban J connectivity index is 1.64. The fraction of sp³-hybridized carbons (Fsp3) is 0.368. The average Bonchev–Trinajstić information content (AvgIpc) is 3.40. The van der Waals surface area contributed by atoms with E-state index >= 15 is 0 Å². The van der Waals surface area contributed by atoms with Crippen LogP contribution in [-0.4, -0.2) is 28.4 Å². The molecule has 4 heteroatoms. The van der Waals surface area contributed by atoms with E-state index in [1.807, 2.05) is 48.2 Å². The first-order valence-electron chi connectivity index (χ1n) is 8.16. The van der Waals surface area contributed by atoms with Gasteiger partial charge in [-0.3, -0.25) is 9.78 Å². The molecule has 120 valence electrons. The lowest BCUT2D eigenvalue weighted by Crippen LogP contribution is -2.33. The second kappa shape index (κ2) is 7.27. The van der Waals surface area contributed by atoms with E-state index in [0.29, 0.717) is 25.6 Å². The molecule has 4 nitrogen and oxygen atoms in total. The minimum atomic E-state index is 0.188. The Bertz CT molecular complexity index is 636. The van der Waals surface area contributed by atoms with Gasteiger partial charge in [-0.25, -0.2) is 0 Å². The van der Waals surface area contributed by atoms with Crippen LogP contribution in [0.25, 0.3) is 0 Å². The van der Waals surface area contributed by atoms with Crippen molar-refractivity contribution in [2.45, 2.75) is 38.8 Å². The second-order valence-electron chi connectivity index (χ2n) is 5.86. The van der Waals surface area contributed by atoms with Gasteiger partial charge in [-0.05, 0) is 55.2 Å². The molecule has 0 unspecified atom stereocenters. The monoisotopic (exact) mass is 310 g/mol. The predicted octanol–water partition coefficient (Wildman–Crippen LogP) is 3.21. The summed E-state index contributed by atoms with van der Waals surface area (Å²) in [6.07, 6.45) is 6.21. The summed E-state index contributed by atoms with van der Waals surface area (Å²) in [5.74, 6) is 1.04. The Morgan fingerprint density at radius 3 is 2.43 bits per heavy atom. The van der Waals surface area contributed by atoms with Crippen molar-refractivity contribution in [2.75, 3.05) is 6.61 Å². The number of carbonyl (C=O) groups excluding carboxylic acids is 1. The number of carbonyl (C=O) groups is 1. The van der Waals surface area contributed by atoms with E-state index in [1.54, 1.807) is 12.4 Å². The predicted molar refractivity (Wildman–Crippen MR) is 89.1 cm³/mol. The minimum absolute atomic E-state index is 0.188. The highest BCUT2D eigenvalue weighted by atomic mass is 16.5. The Hall–Kier alpha value is -2.36. The molecule has 0 aliphatic heterocycles. The Morgan fingerprint density at radius 2 is 1.83 bits per heavy atom. The van der Waals surface area contributed by atoms with Gasteiger partial charge in [0, 0.05) is 25.0 Å². The Morgan fingerprint density at radius 1 is 1.13 bits per heavy atom. The third-order valence-electron chi connectivity index (χ3n) is 4.00. The van der Waals surface area contributed by atoms with Crippen molar-refractivity contribution >= 4 is 5.91 Å². The number of hydrogen-bond donors (Lipinski definition) is 0. The second-order valence-corrected chi connectivity index (χ2v) is 5.86. The van der Waals surface area contributed by atoms with Crippen LogP contribution in [-0.2, 0) is 17.8 Å². The number of amides is 1. The molecule has 0 radical (unpaired) electrons. The summed E-state index contributed by atoms with van der Waals surface area (Å²) in [6, 6.07) is 12.1. The maximum absolute atomic E-state index is 12.7. The normalized spacial score (nSPS) is 13.6. The van der Waals surface area contributed by atoms with Crippen molar-refractivity contribution in [1.82, 2.24) is 9.88 Å². The fourth-order valence-electron chi connectivity index (χ4n) is 2.64. The minimum Gasteiger partial charge on any atom is -0.494 e. The summed E-state index contributed by atoms with van der Waals surface area (Å²) in [5.41, 5.74) is 2.16. The number of rotatable bonds is 7. The van der Waals surface area contributed by atoms with E-state index in [0.717, 1.165) is 29.7 Å². The first-order chi connectivity index (χ1) is 11.3. The number of benzene rings is 1. The van der Waals surface area contributed by atoms with Gasteiger partial charge in [-0.1, -0.05) is 12.1 Å². The molecule has 1 aromatic carbocycles. The Kier molecular flexibility index (Phi) is 4.91. The number of ether oxygens (including phenoxy) is 1. The number of pyridine rings is 1. The summed E-state index contributed by atoms with van der Waals surface area (Å²) in [5, 5.41) is 0. The lowest BCUT2D eigenvalue weighted by atomic mass is 10.1. The number of nitrogens with zero attached hydrogens (tertiary/aromatic N) is 2. The maximum atomic E-state index is 12.7. The van der Waals surface area contributed by atoms with Crippen molar-refractivity contribution in [3.63, 3.8) is 0 Å². The van der Waals surface area contributed by atoms with Crippen molar-refractivity contribution in [1.29, 1.82) is 0 Å². The summed E-state index contributed by atoms with van der Waals surface area (Å²) >= 11 is 0. The summed E-state index contributed by atoms with van der Waals surface area (Å²) < 4.78 is 5.44. The van der Waals surface area contributed by atoms with Crippen LogP contribution < -0.4 is 4.74 Å². The summed E-state index contributed by atoms with van der Waals surface area (Å²) in [6.45, 7) is 3.28.